The van der Waals surface area contributed by atoms with Crippen molar-refractivity contribution < 1.29 is 19.0 Å². The van der Waals surface area contributed by atoms with Crippen LogP contribution in [-0.4, -0.2) is 36.0 Å². The van der Waals surface area contributed by atoms with Gasteiger partial charge in [0.05, 0.1) is 36.7 Å². The summed E-state index contributed by atoms with van der Waals surface area (Å²) in [6.07, 6.45) is 1.82. The quantitative estimate of drug-likeness (QED) is 0.386. The Morgan fingerprint density at radius 3 is 2.52 bits per heavy atom. The normalized spacial score (nSPS) is 15.2. The summed E-state index contributed by atoms with van der Waals surface area (Å²) in [5.41, 5.74) is 1.81. The Morgan fingerprint density at radius 2 is 1.90 bits per heavy atom. The van der Waals surface area contributed by atoms with Crippen LogP contribution in [0.15, 0.2) is 45.8 Å². The number of benzene rings is 2. The van der Waals surface area contributed by atoms with Crippen LogP contribution >= 0.6 is 39.9 Å². The van der Waals surface area contributed by atoms with E-state index in [2.05, 4.69) is 15.9 Å². The van der Waals surface area contributed by atoms with E-state index in [0.717, 1.165) is 21.3 Å². The number of thioether (sulfide) groups is 1. The first-order valence-corrected chi connectivity index (χ1v) is 10.9. The highest BCUT2D eigenvalue weighted by molar-refractivity contribution is 9.10. The number of carbonyl (C=O) groups is 1. The Kier molecular flexibility index (Phi) is 7.21. The molecule has 1 heterocycles. The number of halogens is 1. The highest BCUT2D eigenvalue weighted by Crippen LogP contribution is 2.39. The standard InChI is InChI=1S/C21H20BrNO4S2/c1-4-27-17-10-14(9-16(22)19(17)26-3)11-18-20(24)23(21(28)29-18)12-13-5-7-15(25-2)8-6-13/h5-11H,4,12H2,1-3H3. The molecule has 0 N–H and O–H groups in total. The van der Waals surface area contributed by atoms with E-state index in [0.29, 0.717) is 33.9 Å². The van der Waals surface area contributed by atoms with Crippen molar-refractivity contribution in [1.29, 1.82) is 0 Å². The fourth-order valence-electron chi connectivity index (χ4n) is 2.83. The molecule has 0 aliphatic carbocycles. The topological polar surface area (TPSA) is 48.0 Å². The zero-order chi connectivity index (χ0) is 21.0. The van der Waals surface area contributed by atoms with Gasteiger partial charge in [0.1, 0.15) is 10.1 Å². The largest absolute Gasteiger partial charge is 0.497 e. The molecule has 2 aromatic rings. The number of methoxy groups -OCH3 is 2. The number of hydrogen-bond donors (Lipinski definition) is 0. The third kappa shape index (κ3) is 4.94. The lowest BCUT2D eigenvalue weighted by atomic mass is 10.1. The SMILES string of the molecule is CCOc1cc(C=C2SC(=S)N(Cc3ccc(OC)cc3)C2=O)cc(Br)c1OC. The molecule has 1 aliphatic heterocycles. The molecule has 2 aromatic carbocycles. The van der Waals surface area contributed by atoms with E-state index in [-0.39, 0.29) is 5.91 Å². The minimum atomic E-state index is -0.110. The number of amides is 1. The monoisotopic (exact) mass is 493 g/mol. The molecule has 3 rings (SSSR count). The summed E-state index contributed by atoms with van der Waals surface area (Å²) in [5, 5.41) is 0. The van der Waals surface area contributed by atoms with Gasteiger partial charge in [0, 0.05) is 0 Å². The van der Waals surface area contributed by atoms with E-state index in [4.69, 9.17) is 26.4 Å². The lowest BCUT2D eigenvalue weighted by molar-refractivity contribution is -0.122. The number of rotatable bonds is 7. The van der Waals surface area contributed by atoms with E-state index < -0.39 is 0 Å². The Morgan fingerprint density at radius 1 is 1.17 bits per heavy atom. The van der Waals surface area contributed by atoms with Gasteiger partial charge < -0.3 is 14.2 Å². The van der Waals surface area contributed by atoms with Gasteiger partial charge in [0.2, 0.25) is 0 Å². The average molecular weight is 494 g/mol. The smallest absolute Gasteiger partial charge is 0.266 e. The molecule has 0 aromatic heterocycles. The molecule has 152 valence electrons. The zero-order valence-corrected chi connectivity index (χ0v) is 19.4. The van der Waals surface area contributed by atoms with Crippen LogP contribution < -0.4 is 14.2 Å². The number of nitrogens with zero attached hydrogens (tertiary/aromatic N) is 1. The van der Waals surface area contributed by atoms with Crippen LogP contribution in [0.2, 0.25) is 0 Å². The first kappa shape index (κ1) is 21.7. The van der Waals surface area contributed by atoms with Gasteiger partial charge in [-0.1, -0.05) is 36.1 Å². The Labute approximate surface area is 188 Å². The maximum Gasteiger partial charge on any atom is 0.266 e. The number of ether oxygens (including phenoxy) is 3. The van der Waals surface area contributed by atoms with Crippen LogP contribution in [0.25, 0.3) is 6.08 Å². The highest BCUT2D eigenvalue weighted by Gasteiger charge is 2.32. The third-order valence-corrected chi connectivity index (χ3v) is 6.17. The van der Waals surface area contributed by atoms with Gasteiger partial charge in [-0.3, -0.25) is 9.69 Å². The van der Waals surface area contributed by atoms with Crippen molar-refractivity contribution in [2.24, 2.45) is 0 Å². The first-order valence-electron chi connectivity index (χ1n) is 8.85. The summed E-state index contributed by atoms with van der Waals surface area (Å²) >= 11 is 10.2. The molecule has 0 atom stereocenters. The second kappa shape index (κ2) is 9.65. The summed E-state index contributed by atoms with van der Waals surface area (Å²) < 4.78 is 17.5. The lowest BCUT2D eigenvalue weighted by Crippen LogP contribution is -2.27. The molecule has 0 bridgehead atoms. The number of thiocarbonyl (C=S) groups is 1. The van der Waals surface area contributed by atoms with Gasteiger partial charge in [-0.25, -0.2) is 0 Å². The molecule has 1 saturated heterocycles. The van der Waals surface area contributed by atoms with Crippen LogP contribution in [0.1, 0.15) is 18.1 Å². The Hall–Kier alpha value is -2.03. The van der Waals surface area contributed by atoms with Crippen molar-refractivity contribution in [3.05, 3.63) is 56.9 Å². The van der Waals surface area contributed by atoms with Crippen LogP contribution in [0, 0.1) is 0 Å². The molecule has 1 amide bonds. The summed E-state index contributed by atoms with van der Waals surface area (Å²) in [7, 11) is 3.21. The lowest BCUT2D eigenvalue weighted by Gasteiger charge is -2.14. The van der Waals surface area contributed by atoms with E-state index in [9.17, 15) is 4.79 Å². The molecule has 29 heavy (non-hydrogen) atoms. The maximum absolute atomic E-state index is 12.9. The number of carbonyl (C=O) groups excluding carboxylic acids is 1. The van der Waals surface area contributed by atoms with Gasteiger partial charge in [-0.2, -0.15) is 0 Å². The van der Waals surface area contributed by atoms with Crippen molar-refractivity contribution >= 4 is 56.2 Å². The van der Waals surface area contributed by atoms with Gasteiger partial charge in [-0.15, -0.1) is 0 Å². The summed E-state index contributed by atoms with van der Waals surface area (Å²) in [6.45, 7) is 2.84. The maximum atomic E-state index is 12.9. The predicted molar refractivity (Wildman–Crippen MR) is 124 cm³/mol. The molecule has 0 unspecified atom stereocenters. The van der Waals surface area contributed by atoms with Crippen molar-refractivity contribution in [1.82, 2.24) is 4.90 Å². The molecule has 8 heteroatoms. The van der Waals surface area contributed by atoms with Crippen LogP contribution in [-0.2, 0) is 11.3 Å². The molecule has 0 radical (unpaired) electrons. The molecular weight excluding hydrogens is 474 g/mol. The van der Waals surface area contributed by atoms with Gasteiger partial charge >= 0.3 is 0 Å². The minimum Gasteiger partial charge on any atom is -0.497 e. The highest BCUT2D eigenvalue weighted by atomic mass is 79.9. The van der Waals surface area contributed by atoms with E-state index >= 15 is 0 Å². The van der Waals surface area contributed by atoms with Crippen LogP contribution in [0.3, 0.4) is 0 Å². The molecule has 0 saturated carbocycles. The molecular formula is C21H20BrNO4S2. The minimum absolute atomic E-state index is 0.110. The number of hydrogen-bond acceptors (Lipinski definition) is 6. The van der Waals surface area contributed by atoms with E-state index in [1.54, 1.807) is 19.1 Å². The van der Waals surface area contributed by atoms with Gasteiger partial charge in [0.15, 0.2) is 11.5 Å². The second-order valence-electron chi connectivity index (χ2n) is 6.08. The van der Waals surface area contributed by atoms with E-state index in [1.165, 1.54) is 11.8 Å². The van der Waals surface area contributed by atoms with Crippen molar-refractivity contribution in [3.63, 3.8) is 0 Å². The third-order valence-electron chi connectivity index (χ3n) is 4.21. The summed E-state index contributed by atoms with van der Waals surface area (Å²) in [5.74, 6) is 1.90. The Bertz CT molecular complexity index is 960. The summed E-state index contributed by atoms with van der Waals surface area (Å²) in [4.78, 5) is 15.1. The van der Waals surface area contributed by atoms with Crippen molar-refractivity contribution in [2.45, 2.75) is 13.5 Å². The average Bonchev–Trinajstić information content (AvgIpc) is 2.96. The molecule has 0 spiro atoms. The second-order valence-corrected chi connectivity index (χ2v) is 8.61. The van der Waals surface area contributed by atoms with Crippen LogP contribution in [0.4, 0.5) is 0 Å². The predicted octanol–water partition coefficient (Wildman–Crippen LogP) is 5.27. The Balaban J connectivity index is 1.83. The van der Waals surface area contributed by atoms with Crippen molar-refractivity contribution in [3.8, 4) is 17.2 Å². The fraction of sp³-hybridized carbons (Fsp3) is 0.238. The zero-order valence-electron chi connectivity index (χ0n) is 16.2. The molecule has 1 fully saturated rings. The molecule has 1 aliphatic rings. The molecule has 5 nitrogen and oxygen atoms in total. The summed E-state index contributed by atoms with van der Waals surface area (Å²) in [6, 6.07) is 11.3. The van der Waals surface area contributed by atoms with Crippen molar-refractivity contribution in [2.75, 3.05) is 20.8 Å². The van der Waals surface area contributed by atoms with Gasteiger partial charge in [0.25, 0.3) is 5.91 Å². The van der Waals surface area contributed by atoms with E-state index in [1.807, 2.05) is 49.4 Å². The fourth-order valence-corrected chi connectivity index (χ4v) is 4.71. The van der Waals surface area contributed by atoms with Crippen LogP contribution in [0.5, 0.6) is 17.2 Å². The first-order chi connectivity index (χ1) is 14.0. The van der Waals surface area contributed by atoms with Gasteiger partial charge in [-0.05, 0) is 64.3 Å².